The standard InChI is InChI=1S/C40H63ClO7Si2/c1-13-32(44-29-18-16-28(41)17-19-29)36(42)46-33-23-27(38(3,4)5)22-26-15-14-25(2)40(34(26)33,48-50(11)12)21-20-30-24-31(39(6,7)8)35(37(43)45-30)47-49(9)10/h14-19,22,25,27,30-35,49-50H,13,20-21,23-24H2,1-12H3/t25-,27+,30+,31-,32?,33-,34+,35?,40-/m0/s1. The summed E-state index contributed by atoms with van der Waals surface area (Å²) in [6, 6.07) is 7.06. The minimum atomic E-state index is -1.62. The largest absolute Gasteiger partial charge is 0.479 e. The van der Waals surface area contributed by atoms with Crippen LogP contribution in [0.15, 0.2) is 48.1 Å². The zero-order valence-corrected chi connectivity index (χ0v) is 35.7. The summed E-state index contributed by atoms with van der Waals surface area (Å²) in [6.07, 6.45) is 8.19. The molecule has 280 valence electrons. The van der Waals surface area contributed by atoms with Crippen molar-refractivity contribution >= 4 is 41.6 Å². The fourth-order valence-corrected chi connectivity index (χ4v) is 10.5. The number of carbonyl (C=O) groups excluding carboxylic acids is 2. The van der Waals surface area contributed by atoms with Gasteiger partial charge in [-0.05, 0) is 105 Å². The molecule has 9 atom stereocenters. The molecule has 1 heterocycles. The number of cyclic esters (lactones) is 1. The Balaban J connectivity index is 1.68. The molecule has 0 saturated carbocycles. The second kappa shape index (κ2) is 16.4. The molecule has 1 fully saturated rings. The van der Waals surface area contributed by atoms with E-state index < -0.39 is 42.0 Å². The highest BCUT2D eigenvalue weighted by atomic mass is 35.5. The molecule has 0 amide bonds. The first-order valence-corrected chi connectivity index (χ1v) is 24.8. The molecule has 10 heteroatoms. The molecular formula is C40H63ClO7Si2. The van der Waals surface area contributed by atoms with E-state index >= 15 is 0 Å². The van der Waals surface area contributed by atoms with Gasteiger partial charge in [0.2, 0.25) is 0 Å². The first-order valence-electron chi connectivity index (χ1n) is 18.8. The smallest absolute Gasteiger partial charge is 0.347 e. The van der Waals surface area contributed by atoms with Gasteiger partial charge in [-0.2, -0.15) is 0 Å². The van der Waals surface area contributed by atoms with Gasteiger partial charge < -0.3 is 23.1 Å². The van der Waals surface area contributed by atoms with Crippen molar-refractivity contribution in [3.05, 3.63) is 53.1 Å². The normalized spacial score (nSPS) is 30.8. The van der Waals surface area contributed by atoms with Crippen LogP contribution >= 0.6 is 11.6 Å². The number of esters is 2. The number of carbonyl (C=O) groups is 2. The Hall–Kier alpha value is -1.92. The highest BCUT2D eigenvalue weighted by molar-refractivity contribution is 6.49. The number of rotatable bonds is 12. The molecule has 0 radical (unpaired) electrons. The van der Waals surface area contributed by atoms with E-state index in [0.29, 0.717) is 36.5 Å². The minimum Gasteiger partial charge on any atom is -0.479 e. The number of hydrogen-bond donors (Lipinski definition) is 0. The van der Waals surface area contributed by atoms with Gasteiger partial charge in [0.15, 0.2) is 24.2 Å². The molecule has 2 aliphatic carbocycles. The Kier molecular flexibility index (Phi) is 13.4. The van der Waals surface area contributed by atoms with Crippen LogP contribution in [0, 0.1) is 34.5 Å². The van der Waals surface area contributed by atoms with Crippen molar-refractivity contribution < 1.29 is 32.7 Å². The molecule has 4 rings (SSSR count). The zero-order valence-electron chi connectivity index (χ0n) is 32.6. The van der Waals surface area contributed by atoms with Crippen LogP contribution in [0.1, 0.15) is 87.5 Å². The molecule has 1 saturated heterocycles. The molecule has 1 aromatic carbocycles. The Bertz CT molecular complexity index is 1380. The first-order chi connectivity index (χ1) is 23.2. The molecule has 1 aliphatic heterocycles. The third kappa shape index (κ3) is 9.74. The summed E-state index contributed by atoms with van der Waals surface area (Å²) in [7, 11) is -3.08. The molecule has 7 nitrogen and oxygen atoms in total. The van der Waals surface area contributed by atoms with Crippen molar-refractivity contribution in [3.63, 3.8) is 0 Å². The molecular weight excluding hydrogens is 684 g/mol. The highest BCUT2D eigenvalue weighted by Gasteiger charge is 2.55. The van der Waals surface area contributed by atoms with Gasteiger partial charge in [0.05, 0.1) is 5.60 Å². The van der Waals surface area contributed by atoms with Crippen LogP contribution in [0.2, 0.25) is 31.2 Å². The van der Waals surface area contributed by atoms with Gasteiger partial charge >= 0.3 is 11.9 Å². The summed E-state index contributed by atoms with van der Waals surface area (Å²) in [5, 5.41) is 0.606. The SMILES string of the molecule is CCC(Oc1ccc(Cl)cc1)C(=O)O[C@H]1C[C@H](C(C)(C)C)C=C2C=C[C@H](C)[C@](CC[C@@H]3C[C@H](C(C)(C)C)C(O[SiH](C)C)C(=O)O3)(O[SiH](C)C)[C@H]21. The van der Waals surface area contributed by atoms with Crippen LogP contribution in [0.4, 0.5) is 0 Å². The quantitative estimate of drug-likeness (QED) is 0.156. The van der Waals surface area contributed by atoms with Crippen LogP contribution in [0.3, 0.4) is 0 Å². The topological polar surface area (TPSA) is 80.3 Å². The maximum atomic E-state index is 14.0. The first kappa shape index (κ1) is 40.8. The van der Waals surface area contributed by atoms with Gasteiger partial charge in [0.25, 0.3) is 0 Å². The Morgan fingerprint density at radius 2 is 1.68 bits per heavy atom. The van der Waals surface area contributed by atoms with Crippen molar-refractivity contribution in [2.24, 2.45) is 34.5 Å². The summed E-state index contributed by atoms with van der Waals surface area (Å²) >= 11 is 6.10. The van der Waals surface area contributed by atoms with Crippen molar-refractivity contribution in [1.29, 1.82) is 0 Å². The van der Waals surface area contributed by atoms with E-state index in [1.807, 2.05) is 6.92 Å². The van der Waals surface area contributed by atoms with Gasteiger partial charge in [-0.25, -0.2) is 9.59 Å². The molecule has 3 aliphatic rings. The molecule has 0 N–H and O–H groups in total. The fraction of sp³-hybridized carbons (Fsp3) is 0.700. The molecule has 0 aromatic heterocycles. The van der Waals surface area contributed by atoms with E-state index in [4.69, 9.17) is 34.7 Å². The predicted octanol–water partition coefficient (Wildman–Crippen LogP) is 9.09. The van der Waals surface area contributed by atoms with E-state index in [1.165, 1.54) is 0 Å². The molecule has 2 unspecified atom stereocenters. The van der Waals surface area contributed by atoms with Crippen molar-refractivity contribution in [1.82, 2.24) is 0 Å². The fourth-order valence-electron chi connectivity index (χ4n) is 8.11. The minimum absolute atomic E-state index is 0.0322. The second-order valence-corrected chi connectivity index (χ2v) is 22.6. The third-order valence-electron chi connectivity index (χ3n) is 10.8. The third-order valence-corrected chi connectivity index (χ3v) is 12.8. The number of benzene rings is 1. The molecule has 0 bridgehead atoms. The van der Waals surface area contributed by atoms with Crippen LogP contribution in [-0.4, -0.2) is 60.0 Å². The molecule has 0 spiro atoms. The maximum absolute atomic E-state index is 14.0. The zero-order chi connectivity index (χ0) is 37.2. The number of allylic oxidation sites excluding steroid dienone is 2. The van der Waals surface area contributed by atoms with E-state index in [0.717, 1.165) is 12.0 Å². The lowest BCUT2D eigenvalue weighted by atomic mass is 9.59. The number of hydrogen-bond acceptors (Lipinski definition) is 7. The average Bonchev–Trinajstić information content (AvgIpc) is 3.00. The monoisotopic (exact) mass is 746 g/mol. The summed E-state index contributed by atoms with van der Waals surface area (Å²) in [5.41, 5.74) is 0.387. The van der Waals surface area contributed by atoms with Crippen molar-refractivity contribution in [2.45, 2.75) is 144 Å². The molecule has 1 aromatic rings. The van der Waals surface area contributed by atoms with E-state index in [-0.39, 0.29) is 52.5 Å². The predicted molar refractivity (Wildman–Crippen MR) is 207 cm³/mol. The average molecular weight is 748 g/mol. The van der Waals surface area contributed by atoms with Gasteiger partial charge in [0.1, 0.15) is 24.1 Å². The van der Waals surface area contributed by atoms with Crippen LogP contribution < -0.4 is 4.74 Å². The summed E-state index contributed by atoms with van der Waals surface area (Å²) in [5.74, 6) is 0.107. The Morgan fingerprint density at radius 1 is 1.02 bits per heavy atom. The Labute approximate surface area is 310 Å². The summed E-state index contributed by atoms with van der Waals surface area (Å²) in [4.78, 5) is 27.5. The van der Waals surface area contributed by atoms with Crippen molar-refractivity contribution in [2.75, 3.05) is 0 Å². The van der Waals surface area contributed by atoms with E-state index in [2.05, 4.69) is 92.9 Å². The number of fused-ring (bicyclic) bond motifs is 1. The van der Waals surface area contributed by atoms with Crippen molar-refractivity contribution in [3.8, 4) is 5.75 Å². The van der Waals surface area contributed by atoms with Crippen LogP contribution in [0.5, 0.6) is 5.75 Å². The summed E-state index contributed by atoms with van der Waals surface area (Å²) < 4.78 is 32.4. The van der Waals surface area contributed by atoms with Crippen LogP contribution in [-0.2, 0) is 27.9 Å². The highest BCUT2D eigenvalue weighted by Crippen LogP contribution is 2.53. The lowest BCUT2D eigenvalue weighted by molar-refractivity contribution is -0.180. The van der Waals surface area contributed by atoms with Gasteiger partial charge in [-0.15, -0.1) is 0 Å². The Morgan fingerprint density at radius 3 is 2.24 bits per heavy atom. The lowest BCUT2D eigenvalue weighted by Crippen LogP contribution is -2.58. The second-order valence-electron chi connectivity index (χ2n) is 17.5. The van der Waals surface area contributed by atoms with Gasteiger partial charge in [-0.1, -0.05) is 85.2 Å². The maximum Gasteiger partial charge on any atom is 0.347 e. The number of halogens is 1. The van der Waals surface area contributed by atoms with Gasteiger partial charge in [0, 0.05) is 22.8 Å². The number of ether oxygens (including phenoxy) is 3. The summed E-state index contributed by atoms with van der Waals surface area (Å²) in [6.45, 7) is 26.1. The van der Waals surface area contributed by atoms with Gasteiger partial charge in [-0.3, -0.25) is 0 Å². The van der Waals surface area contributed by atoms with Crippen LogP contribution in [0.25, 0.3) is 0 Å². The van der Waals surface area contributed by atoms with E-state index in [1.54, 1.807) is 24.3 Å². The van der Waals surface area contributed by atoms with E-state index in [9.17, 15) is 9.59 Å². The lowest BCUT2D eigenvalue weighted by Gasteiger charge is -2.54. The molecule has 50 heavy (non-hydrogen) atoms.